The average molecular weight is 410 g/mol. The first-order chi connectivity index (χ1) is 13.3. The molecule has 150 valence electrons. The van der Waals surface area contributed by atoms with Gasteiger partial charge in [-0.05, 0) is 55.7 Å². The zero-order valence-corrected chi connectivity index (χ0v) is 16.1. The monoisotopic (exact) mass is 410 g/mol. The first kappa shape index (κ1) is 20.2. The van der Waals surface area contributed by atoms with Crippen LogP contribution in [-0.4, -0.2) is 38.3 Å². The second-order valence-corrected chi connectivity index (χ2v) is 8.44. The van der Waals surface area contributed by atoms with Crippen molar-refractivity contribution in [1.82, 2.24) is 4.31 Å². The summed E-state index contributed by atoms with van der Waals surface area (Å²) in [5.41, 5.74) is 0.266. The van der Waals surface area contributed by atoms with Crippen molar-refractivity contribution in [1.29, 1.82) is 0 Å². The molecule has 0 unspecified atom stereocenters. The van der Waals surface area contributed by atoms with Gasteiger partial charge in [-0.25, -0.2) is 17.2 Å². The molecule has 1 amide bonds. The average Bonchev–Trinajstić information content (AvgIpc) is 3.19. The molecule has 1 N–H and O–H groups in total. The molecular formula is C19H20F2N2O4S. The zero-order chi connectivity index (χ0) is 20.3. The van der Waals surface area contributed by atoms with Gasteiger partial charge in [0, 0.05) is 19.2 Å². The quantitative estimate of drug-likeness (QED) is 0.794. The van der Waals surface area contributed by atoms with Crippen molar-refractivity contribution >= 4 is 21.6 Å². The molecule has 2 aromatic carbocycles. The first-order valence-electron chi connectivity index (χ1n) is 8.76. The molecule has 1 aliphatic rings. The molecule has 0 radical (unpaired) electrons. The number of anilines is 1. The summed E-state index contributed by atoms with van der Waals surface area (Å²) >= 11 is 0. The van der Waals surface area contributed by atoms with Gasteiger partial charge in [-0.15, -0.1) is 0 Å². The van der Waals surface area contributed by atoms with E-state index in [-0.39, 0.29) is 10.6 Å². The molecule has 3 rings (SSSR count). The fraction of sp³-hybridized carbons (Fsp3) is 0.316. The Labute approximate surface area is 162 Å². The van der Waals surface area contributed by atoms with Crippen LogP contribution in [0.2, 0.25) is 0 Å². The molecule has 2 aromatic rings. The van der Waals surface area contributed by atoms with Gasteiger partial charge in [-0.1, -0.05) is 0 Å². The van der Waals surface area contributed by atoms with Gasteiger partial charge in [0.2, 0.25) is 10.0 Å². The minimum absolute atomic E-state index is 0.172. The second kappa shape index (κ2) is 8.24. The predicted octanol–water partition coefficient (Wildman–Crippen LogP) is 3.08. The van der Waals surface area contributed by atoms with Crippen LogP contribution >= 0.6 is 0 Å². The largest absolute Gasteiger partial charge is 0.483 e. The molecule has 9 heteroatoms. The Hall–Kier alpha value is -2.52. The smallest absolute Gasteiger partial charge is 0.262 e. The van der Waals surface area contributed by atoms with E-state index in [2.05, 4.69) is 5.32 Å². The van der Waals surface area contributed by atoms with E-state index in [0.717, 1.165) is 31.0 Å². The summed E-state index contributed by atoms with van der Waals surface area (Å²) in [7, 11) is -3.54. The van der Waals surface area contributed by atoms with Crippen LogP contribution in [0.1, 0.15) is 18.4 Å². The van der Waals surface area contributed by atoms with Crippen LogP contribution in [0, 0.1) is 18.6 Å². The van der Waals surface area contributed by atoms with Gasteiger partial charge in [0.25, 0.3) is 5.91 Å². The number of hydrogen-bond donors (Lipinski definition) is 1. The van der Waals surface area contributed by atoms with Gasteiger partial charge in [-0.3, -0.25) is 4.79 Å². The Balaban J connectivity index is 1.65. The molecule has 0 spiro atoms. The Morgan fingerprint density at radius 2 is 1.86 bits per heavy atom. The molecule has 0 bridgehead atoms. The minimum Gasteiger partial charge on any atom is -0.483 e. The minimum atomic E-state index is -3.54. The van der Waals surface area contributed by atoms with E-state index in [1.807, 2.05) is 0 Å². The molecular weight excluding hydrogens is 390 g/mol. The molecule has 1 fully saturated rings. The fourth-order valence-electron chi connectivity index (χ4n) is 2.94. The van der Waals surface area contributed by atoms with Crippen LogP contribution in [-0.2, 0) is 14.8 Å². The molecule has 0 aliphatic carbocycles. The van der Waals surface area contributed by atoms with Crippen molar-refractivity contribution in [3.05, 3.63) is 53.6 Å². The third-order valence-corrected chi connectivity index (χ3v) is 6.31. The number of halogens is 2. The summed E-state index contributed by atoms with van der Waals surface area (Å²) < 4.78 is 58.7. The highest BCUT2D eigenvalue weighted by Gasteiger charge is 2.27. The fourth-order valence-corrected chi connectivity index (χ4v) is 4.55. The van der Waals surface area contributed by atoms with E-state index < -0.39 is 34.2 Å². The molecule has 0 aromatic heterocycles. The lowest BCUT2D eigenvalue weighted by atomic mass is 10.2. The number of carbonyl (C=O) groups excluding carboxylic acids is 1. The van der Waals surface area contributed by atoms with E-state index >= 15 is 0 Å². The van der Waals surface area contributed by atoms with Crippen molar-refractivity contribution in [2.45, 2.75) is 24.7 Å². The number of sulfonamides is 1. The Bertz CT molecular complexity index is 989. The van der Waals surface area contributed by atoms with Gasteiger partial charge in [0.05, 0.1) is 10.6 Å². The molecule has 1 aliphatic heterocycles. The highest BCUT2D eigenvalue weighted by atomic mass is 32.2. The third kappa shape index (κ3) is 4.48. The SMILES string of the molecule is Cc1cc(S(=O)(=O)N2CCCC2)ccc1OCC(=O)Nc1cc(F)ccc1F. The number of hydrogen-bond acceptors (Lipinski definition) is 4. The highest BCUT2D eigenvalue weighted by Crippen LogP contribution is 2.26. The second-order valence-electron chi connectivity index (χ2n) is 6.50. The molecule has 0 saturated carbocycles. The Morgan fingerprint density at radius 3 is 2.54 bits per heavy atom. The van der Waals surface area contributed by atoms with Gasteiger partial charge >= 0.3 is 0 Å². The van der Waals surface area contributed by atoms with Crippen LogP contribution in [0.4, 0.5) is 14.5 Å². The van der Waals surface area contributed by atoms with Gasteiger partial charge in [-0.2, -0.15) is 4.31 Å². The lowest BCUT2D eigenvalue weighted by Crippen LogP contribution is -2.28. The number of rotatable bonds is 6. The van der Waals surface area contributed by atoms with Crippen LogP contribution in [0.25, 0.3) is 0 Å². The van der Waals surface area contributed by atoms with E-state index in [9.17, 15) is 22.0 Å². The van der Waals surface area contributed by atoms with E-state index in [1.54, 1.807) is 6.92 Å². The first-order valence-corrected chi connectivity index (χ1v) is 10.2. The summed E-state index contributed by atoms with van der Waals surface area (Å²) in [6.45, 7) is 2.25. The Morgan fingerprint density at radius 1 is 1.14 bits per heavy atom. The molecule has 28 heavy (non-hydrogen) atoms. The van der Waals surface area contributed by atoms with Crippen LogP contribution in [0.3, 0.4) is 0 Å². The molecule has 1 heterocycles. The number of amides is 1. The molecule has 6 nitrogen and oxygen atoms in total. The summed E-state index contributed by atoms with van der Waals surface area (Å²) in [5.74, 6) is -1.78. The number of carbonyl (C=O) groups is 1. The summed E-state index contributed by atoms with van der Waals surface area (Å²) in [6, 6.07) is 7.14. The lowest BCUT2D eigenvalue weighted by Gasteiger charge is -2.17. The molecule has 0 atom stereocenters. The number of benzene rings is 2. The van der Waals surface area contributed by atoms with Gasteiger partial charge in [0.15, 0.2) is 6.61 Å². The number of nitrogens with zero attached hydrogens (tertiary/aromatic N) is 1. The van der Waals surface area contributed by atoms with Crippen molar-refractivity contribution in [3.8, 4) is 5.75 Å². The standard InChI is InChI=1S/C19H20F2N2O4S/c1-13-10-15(28(25,26)23-8-2-3-9-23)5-7-18(13)27-12-19(24)22-17-11-14(20)4-6-16(17)21/h4-7,10-11H,2-3,8-9,12H2,1H3,(H,22,24). The number of ether oxygens (including phenoxy) is 1. The number of nitrogens with one attached hydrogen (secondary N) is 1. The summed E-state index contributed by atoms with van der Waals surface area (Å²) in [6.07, 6.45) is 1.70. The maximum Gasteiger partial charge on any atom is 0.262 e. The maximum absolute atomic E-state index is 13.6. The van der Waals surface area contributed by atoms with Crippen molar-refractivity contribution < 1.29 is 26.7 Å². The van der Waals surface area contributed by atoms with Gasteiger partial charge in [0.1, 0.15) is 17.4 Å². The summed E-state index contributed by atoms with van der Waals surface area (Å²) in [4.78, 5) is 12.1. The Kier molecular flexibility index (Phi) is 5.95. The van der Waals surface area contributed by atoms with Crippen molar-refractivity contribution in [2.24, 2.45) is 0 Å². The van der Waals surface area contributed by atoms with Crippen LogP contribution in [0.15, 0.2) is 41.3 Å². The zero-order valence-electron chi connectivity index (χ0n) is 15.2. The third-order valence-electron chi connectivity index (χ3n) is 4.41. The van der Waals surface area contributed by atoms with Crippen LogP contribution < -0.4 is 10.1 Å². The lowest BCUT2D eigenvalue weighted by molar-refractivity contribution is -0.118. The molecule has 1 saturated heterocycles. The maximum atomic E-state index is 13.6. The van der Waals surface area contributed by atoms with Crippen LogP contribution in [0.5, 0.6) is 5.75 Å². The summed E-state index contributed by atoms with van der Waals surface area (Å²) in [5, 5.41) is 2.23. The van der Waals surface area contributed by atoms with E-state index in [4.69, 9.17) is 4.74 Å². The predicted molar refractivity (Wildman–Crippen MR) is 99.7 cm³/mol. The van der Waals surface area contributed by atoms with E-state index in [1.165, 1.54) is 22.5 Å². The highest BCUT2D eigenvalue weighted by molar-refractivity contribution is 7.89. The topological polar surface area (TPSA) is 75.7 Å². The normalized spacial score (nSPS) is 14.8. The van der Waals surface area contributed by atoms with Crippen molar-refractivity contribution in [2.75, 3.05) is 25.0 Å². The van der Waals surface area contributed by atoms with E-state index in [0.29, 0.717) is 24.4 Å². The van der Waals surface area contributed by atoms with Crippen molar-refractivity contribution in [3.63, 3.8) is 0 Å². The number of aryl methyl sites for hydroxylation is 1. The van der Waals surface area contributed by atoms with Gasteiger partial charge < -0.3 is 10.1 Å².